The van der Waals surface area contributed by atoms with Gasteiger partial charge in [0.05, 0.1) is 5.56 Å². The van der Waals surface area contributed by atoms with Gasteiger partial charge >= 0.3 is 0 Å². The highest BCUT2D eigenvalue weighted by Gasteiger charge is 2.16. The van der Waals surface area contributed by atoms with Crippen LogP contribution in [0.2, 0.25) is 0 Å². The van der Waals surface area contributed by atoms with E-state index in [9.17, 15) is 9.18 Å². The van der Waals surface area contributed by atoms with Crippen LogP contribution in [0.1, 0.15) is 30.9 Å². The number of H-pyrrole nitrogens is 1. The molecule has 0 fully saturated rings. The maximum absolute atomic E-state index is 13.8. The quantitative estimate of drug-likeness (QED) is 0.802. The first-order valence-corrected chi connectivity index (χ1v) is 5.19. The zero-order valence-electron chi connectivity index (χ0n) is 9.47. The lowest BCUT2D eigenvalue weighted by molar-refractivity contribution is 0.617. The Kier molecular flexibility index (Phi) is 2.50. The number of aromatic nitrogens is 2. The van der Waals surface area contributed by atoms with Crippen LogP contribution in [-0.4, -0.2) is 9.97 Å². The van der Waals surface area contributed by atoms with Crippen molar-refractivity contribution in [3.8, 4) is 11.4 Å². The standard InChI is InChI=1S/C12H13FN2O/c1-6(2)8-4-9-10(13)7(3)5-14-11(9)15-12(8)16/h4-6H,1-3H3,(H,14,15,16). The summed E-state index contributed by atoms with van der Waals surface area (Å²) in [7, 11) is 0. The summed E-state index contributed by atoms with van der Waals surface area (Å²) in [6, 6.07) is 1.59. The molecule has 0 bridgehead atoms. The van der Waals surface area contributed by atoms with Crippen molar-refractivity contribution in [3.05, 3.63) is 39.6 Å². The van der Waals surface area contributed by atoms with E-state index in [1.54, 1.807) is 13.0 Å². The van der Waals surface area contributed by atoms with E-state index in [4.69, 9.17) is 0 Å². The summed E-state index contributed by atoms with van der Waals surface area (Å²) in [6.45, 7) is 5.45. The maximum Gasteiger partial charge on any atom is 0.275 e. The van der Waals surface area contributed by atoms with Crippen molar-refractivity contribution in [1.29, 1.82) is 0 Å². The van der Waals surface area contributed by atoms with Gasteiger partial charge in [-0.3, -0.25) is 4.79 Å². The zero-order valence-corrected chi connectivity index (χ0v) is 9.47. The molecule has 84 valence electrons. The van der Waals surface area contributed by atoms with Crippen LogP contribution in [0.25, 0.3) is 11.4 Å². The topological polar surface area (TPSA) is 45.8 Å². The molecule has 0 atom stereocenters. The fourth-order valence-electron chi connectivity index (χ4n) is 1.66. The Morgan fingerprint density at radius 2 is 2.12 bits per heavy atom. The molecule has 0 saturated carbocycles. The van der Waals surface area contributed by atoms with Crippen molar-refractivity contribution in [2.45, 2.75) is 26.7 Å². The number of halogens is 1. The fourth-order valence-corrected chi connectivity index (χ4v) is 1.66. The molecule has 4 heteroatoms. The van der Waals surface area contributed by atoms with E-state index < -0.39 is 0 Å². The average Bonchev–Trinajstić information content (AvgIpc) is 2.23. The fraction of sp³-hybridized carbons (Fsp3) is 0.333. The molecule has 0 spiro atoms. The van der Waals surface area contributed by atoms with Crippen LogP contribution < -0.4 is 5.56 Å². The van der Waals surface area contributed by atoms with E-state index in [1.807, 2.05) is 13.8 Å². The molecule has 0 aliphatic carbocycles. The highest BCUT2D eigenvalue weighted by Crippen LogP contribution is 2.24. The summed E-state index contributed by atoms with van der Waals surface area (Å²) >= 11 is 0. The molecule has 0 amide bonds. The Bertz CT molecular complexity index is 560. The molecule has 0 aromatic heterocycles. The van der Waals surface area contributed by atoms with Crippen molar-refractivity contribution in [2.24, 2.45) is 0 Å². The molecule has 0 aromatic carbocycles. The van der Waals surface area contributed by atoms with Crippen LogP contribution in [0.5, 0.6) is 0 Å². The van der Waals surface area contributed by atoms with E-state index in [-0.39, 0.29) is 17.3 Å². The van der Waals surface area contributed by atoms with Crippen molar-refractivity contribution in [3.63, 3.8) is 0 Å². The van der Waals surface area contributed by atoms with Gasteiger partial charge in [-0.15, -0.1) is 0 Å². The van der Waals surface area contributed by atoms with Gasteiger partial charge in [0.1, 0.15) is 11.6 Å². The summed E-state index contributed by atoms with van der Waals surface area (Å²) in [5.74, 6) is 0.0324. The van der Waals surface area contributed by atoms with Crippen LogP contribution in [-0.2, 0) is 0 Å². The van der Waals surface area contributed by atoms with Crippen molar-refractivity contribution in [2.75, 3.05) is 0 Å². The second-order valence-corrected chi connectivity index (χ2v) is 4.22. The molecule has 0 saturated heterocycles. The lowest BCUT2D eigenvalue weighted by Gasteiger charge is -2.11. The first kappa shape index (κ1) is 10.8. The lowest BCUT2D eigenvalue weighted by Crippen LogP contribution is -2.17. The van der Waals surface area contributed by atoms with Crippen LogP contribution in [0, 0.1) is 12.7 Å². The second-order valence-electron chi connectivity index (χ2n) is 4.22. The number of pyridine rings is 2. The molecule has 0 unspecified atom stereocenters. The third-order valence-corrected chi connectivity index (χ3v) is 2.65. The van der Waals surface area contributed by atoms with Crippen LogP contribution >= 0.6 is 0 Å². The van der Waals surface area contributed by atoms with E-state index >= 15 is 0 Å². The number of nitrogens with zero attached hydrogens (tertiary/aromatic N) is 1. The Hall–Kier alpha value is -1.71. The molecular weight excluding hydrogens is 207 g/mol. The molecule has 0 radical (unpaired) electrons. The van der Waals surface area contributed by atoms with E-state index in [2.05, 4.69) is 9.97 Å². The average molecular weight is 220 g/mol. The minimum atomic E-state index is -0.317. The van der Waals surface area contributed by atoms with Crippen molar-refractivity contribution in [1.82, 2.24) is 9.97 Å². The Morgan fingerprint density at radius 1 is 1.44 bits per heavy atom. The Labute approximate surface area is 92.7 Å². The van der Waals surface area contributed by atoms with Gasteiger partial charge in [0, 0.05) is 17.3 Å². The highest BCUT2D eigenvalue weighted by molar-refractivity contribution is 5.59. The van der Waals surface area contributed by atoms with Gasteiger partial charge in [-0.25, -0.2) is 4.39 Å². The summed E-state index contributed by atoms with van der Waals surface area (Å²) < 4.78 is 13.8. The smallest absolute Gasteiger partial charge is 0.275 e. The predicted molar refractivity (Wildman–Crippen MR) is 60.3 cm³/mol. The molecule has 2 aliphatic heterocycles. The largest absolute Gasteiger partial charge is 0.346 e. The number of aromatic amines is 1. The van der Waals surface area contributed by atoms with Gasteiger partial charge in [0.2, 0.25) is 0 Å². The normalized spacial score (nSPS) is 11.3. The van der Waals surface area contributed by atoms with E-state index in [0.717, 1.165) is 0 Å². The highest BCUT2D eigenvalue weighted by atomic mass is 19.1. The number of nitrogens with one attached hydrogen (secondary N) is 1. The number of hydrogen-bond donors (Lipinski definition) is 1. The van der Waals surface area contributed by atoms with Gasteiger partial charge in [0.15, 0.2) is 0 Å². The molecule has 16 heavy (non-hydrogen) atoms. The maximum atomic E-state index is 13.8. The third-order valence-electron chi connectivity index (χ3n) is 2.65. The Morgan fingerprint density at radius 3 is 2.75 bits per heavy atom. The minimum Gasteiger partial charge on any atom is -0.346 e. The molecule has 2 rings (SSSR count). The van der Waals surface area contributed by atoms with Gasteiger partial charge in [-0.2, -0.15) is 4.98 Å². The summed E-state index contributed by atoms with van der Waals surface area (Å²) in [5.41, 5.74) is 1.15. The zero-order chi connectivity index (χ0) is 11.9. The number of aryl methyl sites for hydroxylation is 1. The molecule has 2 aliphatic rings. The van der Waals surface area contributed by atoms with Gasteiger partial charge in [-0.05, 0) is 18.9 Å². The van der Waals surface area contributed by atoms with Crippen LogP contribution in [0.15, 0.2) is 17.1 Å². The van der Waals surface area contributed by atoms with Gasteiger partial charge < -0.3 is 4.98 Å². The second kappa shape index (κ2) is 3.70. The Balaban J connectivity index is 2.82. The van der Waals surface area contributed by atoms with Crippen molar-refractivity contribution >= 4 is 0 Å². The van der Waals surface area contributed by atoms with E-state index in [1.165, 1.54) is 6.20 Å². The molecule has 1 N–H and O–H groups in total. The lowest BCUT2D eigenvalue weighted by atomic mass is 10.0. The number of hydrogen-bond acceptors (Lipinski definition) is 2. The van der Waals surface area contributed by atoms with Gasteiger partial charge in [-0.1, -0.05) is 13.8 Å². The predicted octanol–water partition coefficient (Wildman–Crippen LogP) is 2.45. The van der Waals surface area contributed by atoms with Crippen molar-refractivity contribution < 1.29 is 4.39 Å². The van der Waals surface area contributed by atoms with E-state index in [0.29, 0.717) is 22.5 Å². The summed E-state index contributed by atoms with van der Waals surface area (Å²) in [4.78, 5) is 18.3. The monoisotopic (exact) mass is 220 g/mol. The van der Waals surface area contributed by atoms with Crippen LogP contribution in [0.3, 0.4) is 0 Å². The summed E-state index contributed by atoms with van der Waals surface area (Å²) in [6.07, 6.45) is 1.51. The summed E-state index contributed by atoms with van der Waals surface area (Å²) in [5, 5.41) is 0. The first-order chi connectivity index (χ1) is 7.50. The molecule has 0 aromatic rings. The SMILES string of the molecule is Cc1c[nH]c2nc(=O)c(C(C)C)cc-2c1F. The number of rotatable bonds is 1. The molecule has 2 heterocycles. The third kappa shape index (κ3) is 1.60. The van der Waals surface area contributed by atoms with Gasteiger partial charge in [0.25, 0.3) is 5.56 Å². The number of fused-ring (bicyclic) bond motifs is 1. The minimum absolute atomic E-state index is 0.0457. The molecule has 3 nitrogen and oxygen atoms in total. The van der Waals surface area contributed by atoms with Crippen LogP contribution in [0.4, 0.5) is 4.39 Å². The molecular formula is C12H13FN2O. The first-order valence-electron chi connectivity index (χ1n) is 5.19.